The molecule has 0 fully saturated rings. The molecule has 0 aliphatic carbocycles. The van der Waals surface area contributed by atoms with Crippen LogP contribution in [0.15, 0.2) is 18.2 Å². The number of nitrogens with zero attached hydrogens (tertiary/aromatic N) is 2. The summed E-state index contributed by atoms with van der Waals surface area (Å²) < 4.78 is 0. The molecule has 0 N–H and O–H groups in total. The highest BCUT2D eigenvalue weighted by molar-refractivity contribution is 5.45. The summed E-state index contributed by atoms with van der Waals surface area (Å²) >= 11 is 0. The quantitative estimate of drug-likeness (QED) is 0.559. The van der Waals surface area contributed by atoms with E-state index in [0.717, 1.165) is 24.8 Å². The first-order chi connectivity index (χ1) is 7.19. The van der Waals surface area contributed by atoms with Crippen LogP contribution in [0.3, 0.4) is 0 Å². The van der Waals surface area contributed by atoms with E-state index >= 15 is 0 Å². The minimum Gasteiger partial charge on any atom is -0.258 e. The normalized spacial score (nSPS) is 9.60. The molecule has 0 saturated heterocycles. The Kier molecular flexibility index (Phi) is 3.81. The van der Waals surface area contributed by atoms with Crippen molar-refractivity contribution >= 4 is 5.69 Å². The predicted molar refractivity (Wildman–Crippen MR) is 56.4 cm³/mol. The SMILES string of the molecule is CCCCc1cc([N+](=O)[O-])ccc1C#N. The molecule has 4 nitrogen and oxygen atoms in total. The van der Waals surface area contributed by atoms with E-state index in [-0.39, 0.29) is 5.69 Å². The Balaban J connectivity index is 3.03. The first kappa shape index (κ1) is 11.2. The molecule has 78 valence electrons. The van der Waals surface area contributed by atoms with E-state index in [9.17, 15) is 10.1 Å². The minimum atomic E-state index is -0.434. The van der Waals surface area contributed by atoms with Crippen molar-refractivity contribution in [1.29, 1.82) is 5.26 Å². The molecule has 0 spiro atoms. The third-order valence-corrected chi connectivity index (χ3v) is 2.22. The number of rotatable bonds is 4. The number of unbranched alkanes of at least 4 members (excludes halogenated alkanes) is 1. The number of nitro benzene ring substituents is 1. The maximum absolute atomic E-state index is 10.5. The van der Waals surface area contributed by atoms with E-state index in [1.165, 1.54) is 18.2 Å². The number of hydrogen-bond donors (Lipinski definition) is 0. The van der Waals surface area contributed by atoms with Gasteiger partial charge in [0.25, 0.3) is 5.69 Å². The molecule has 0 aliphatic heterocycles. The smallest absolute Gasteiger partial charge is 0.258 e. The van der Waals surface area contributed by atoms with Gasteiger partial charge in [-0.1, -0.05) is 13.3 Å². The van der Waals surface area contributed by atoms with Gasteiger partial charge in [0.15, 0.2) is 0 Å². The zero-order valence-electron chi connectivity index (χ0n) is 8.56. The van der Waals surface area contributed by atoms with Gasteiger partial charge in [0.1, 0.15) is 0 Å². The molecule has 0 aliphatic rings. The lowest BCUT2D eigenvalue weighted by Gasteiger charge is -2.02. The molecule has 1 aromatic rings. The van der Waals surface area contributed by atoms with Gasteiger partial charge in [-0.05, 0) is 24.5 Å². The Hall–Kier alpha value is -1.89. The van der Waals surface area contributed by atoms with E-state index in [1.54, 1.807) is 0 Å². The summed E-state index contributed by atoms with van der Waals surface area (Å²) in [4.78, 5) is 10.1. The Bertz CT molecular complexity index is 408. The monoisotopic (exact) mass is 204 g/mol. The Morgan fingerprint density at radius 1 is 1.53 bits per heavy atom. The largest absolute Gasteiger partial charge is 0.269 e. The molecule has 15 heavy (non-hydrogen) atoms. The van der Waals surface area contributed by atoms with E-state index < -0.39 is 4.92 Å². The second-order valence-electron chi connectivity index (χ2n) is 3.31. The fraction of sp³-hybridized carbons (Fsp3) is 0.364. The number of non-ortho nitro benzene ring substituents is 1. The summed E-state index contributed by atoms with van der Waals surface area (Å²) in [5.74, 6) is 0. The first-order valence-corrected chi connectivity index (χ1v) is 4.86. The van der Waals surface area contributed by atoms with Crippen molar-refractivity contribution in [2.45, 2.75) is 26.2 Å². The number of hydrogen-bond acceptors (Lipinski definition) is 3. The van der Waals surface area contributed by atoms with Crippen LogP contribution in [0, 0.1) is 21.4 Å². The van der Waals surface area contributed by atoms with Crippen LogP contribution in [0.1, 0.15) is 30.9 Å². The third kappa shape index (κ3) is 2.78. The second-order valence-corrected chi connectivity index (χ2v) is 3.31. The Morgan fingerprint density at radius 2 is 2.27 bits per heavy atom. The molecule has 1 rings (SSSR count). The molecule has 0 atom stereocenters. The fourth-order valence-electron chi connectivity index (χ4n) is 1.38. The fourth-order valence-corrected chi connectivity index (χ4v) is 1.38. The molecule has 1 aromatic carbocycles. The van der Waals surface area contributed by atoms with Crippen LogP contribution in [0.4, 0.5) is 5.69 Å². The van der Waals surface area contributed by atoms with Crippen molar-refractivity contribution in [3.63, 3.8) is 0 Å². The maximum Gasteiger partial charge on any atom is 0.269 e. The lowest BCUT2D eigenvalue weighted by atomic mass is 10.0. The summed E-state index contributed by atoms with van der Waals surface area (Å²) in [5.41, 5.74) is 1.36. The molecule has 0 heterocycles. The second kappa shape index (κ2) is 5.11. The Labute approximate surface area is 88.3 Å². The summed E-state index contributed by atoms with van der Waals surface area (Å²) in [6, 6.07) is 6.43. The zero-order chi connectivity index (χ0) is 11.3. The van der Waals surface area contributed by atoms with E-state index in [0.29, 0.717) is 5.56 Å². The molecule has 0 amide bonds. The first-order valence-electron chi connectivity index (χ1n) is 4.86. The summed E-state index contributed by atoms with van der Waals surface area (Å²) in [5, 5.41) is 19.4. The van der Waals surface area contributed by atoms with Crippen molar-refractivity contribution in [3.8, 4) is 6.07 Å². The van der Waals surface area contributed by atoms with E-state index in [4.69, 9.17) is 5.26 Å². The molecule has 4 heteroatoms. The number of nitriles is 1. The standard InChI is InChI=1S/C11H12N2O2/c1-2-3-4-9-7-11(13(14)15)6-5-10(9)8-12/h5-7H,2-4H2,1H3. The van der Waals surface area contributed by atoms with Crippen LogP contribution in [0.25, 0.3) is 0 Å². The molecule has 0 aromatic heterocycles. The van der Waals surface area contributed by atoms with Crippen molar-refractivity contribution in [1.82, 2.24) is 0 Å². The van der Waals surface area contributed by atoms with Gasteiger partial charge in [0.2, 0.25) is 0 Å². The molecule has 0 bridgehead atoms. The van der Waals surface area contributed by atoms with Gasteiger partial charge >= 0.3 is 0 Å². The van der Waals surface area contributed by atoms with Crippen LogP contribution in [-0.2, 0) is 6.42 Å². The van der Waals surface area contributed by atoms with Crippen molar-refractivity contribution in [2.75, 3.05) is 0 Å². The predicted octanol–water partition coefficient (Wildman–Crippen LogP) is 2.81. The van der Waals surface area contributed by atoms with Gasteiger partial charge in [-0.3, -0.25) is 10.1 Å². The van der Waals surface area contributed by atoms with Crippen molar-refractivity contribution < 1.29 is 4.92 Å². The topological polar surface area (TPSA) is 66.9 Å². The highest BCUT2D eigenvalue weighted by atomic mass is 16.6. The number of nitro groups is 1. The molecule has 0 unspecified atom stereocenters. The van der Waals surface area contributed by atoms with E-state index in [2.05, 4.69) is 0 Å². The van der Waals surface area contributed by atoms with Gasteiger partial charge in [0.05, 0.1) is 16.6 Å². The van der Waals surface area contributed by atoms with Crippen LogP contribution >= 0.6 is 0 Å². The highest BCUT2D eigenvalue weighted by Gasteiger charge is 2.09. The summed E-state index contributed by atoms with van der Waals surface area (Å²) in [6.45, 7) is 2.05. The highest BCUT2D eigenvalue weighted by Crippen LogP contribution is 2.19. The van der Waals surface area contributed by atoms with Gasteiger partial charge in [0, 0.05) is 12.1 Å². The van der Waals surface area contributed by atoms with E-state index in [1.807, 2.05) is 13.0 Å². The lowest BCUT2D eigenvalue weighted by molar-refractivity contribution is -0.384. The van der Waals surface area contributed by atoms with Gasteiger partial charge in [-0.2, -0.15) is 5.26 Å². The molecular weight excluding hydrogens is 192 g/mol. The maximum atomic E-state index is 10.5. The van der Waals surface area contributed by atoms with Gasteiger partial charge < -0.3 is 0 Å². The van der Waals surface area contributed by atoms with Crippen LogP contribution < -0.4 is 0 Å². The molecular formula is C11H12N2O2. The van der Waals surface area contributed by atoms with Gasteiger partial charge in [-0.25, -0.2) is 0 Å². The summed E-state index contributed by atoms with van der Waals surface area (Å²) in [6.07, 6.45) is 2.67. The number of benzene rings is 1. The lowest BCUT2D eigenvalue weighted by Crippen LogP contribution is -1.94. The molecule has 0 saturated carbocycles. The average molecular weight is 204 g/mol. The molecule has 0 radical (unpaired) electrons. The Morgan fingerprint density at radius 3 is 2.80 bits per heavy atom. The minimum absolute atomic E-state index is 0.0557. The van der Waals surface area contributed by atoms with Crippen LogP contribution in [-0.4, -0.2) is 4.92 Å². The zero-order valence-corrected chi connectivity index (χ0v) is 8.56. The summed E-state index contributed by atoms with van der Waals surface area (Å²) in [7, 11) is 0. The number of aryl methyl sites for hydroxylation is 1. The average Bonchev–Trinajstić information content (AvgIpc) is 2.25. The third-order valence-electron chi connectivity index (χ3n) is 2.22. The van der Waals surface area contributed by atoms with Crippen molar-refractivity contribution in [2.24, 2.45) is 0 Å². The van der Waals surface area contributed by atoms with Crippen LogP contribution in [0.2, 0.25) is 0 Å². The van der Waals surface area contributed by atoms with Gasteiger partial charge in [-0.15, -0.1) is 0 Å². The van der Waals surface area contributed by atoms with Crippen LogP contribution in [0.5, 0.6) is 0 Å². The van der Waals surface area contributed by atoms with Crippen molar-refractivity contribution in [3.05, 3.63) is 39.4 Å².